The average Bonchev–Trinajstić information content (AvgIpc) is 2.29. The maximum Gasteiger partial charge on any atom is 2.00 e. The summed E-state index contributed by atoms with van der Waals surface area (Å²) in [4.78, 5) is 26.6. The van der Waals surface area contributed by atoms with Crippen LogP contribution in [0, 0.1) is 11.3 Å². The molecule has 0 saturated carbocycles. The van der Waals surface area contributed by atoms with Gasteiger partial charge in [-0.1, -0.05) is 18.2 Å². The molecule has 0 aliphatic rings. The maximum atomic E-state index is 8.89. The van der Waals surface area contributed by atoms with E-state index in [4.69, 9.17) is 29.9 Å². The molecule has 1 radical (unpaired) electrons. The van der Waals surface area contributed by atoms with Gasteiger partial charge in [0.25, 0.3) is 0 Å². The van der Waals surface area contributed by atoms with Crippen LogP contribution in [0.2, 0.25) is 0 Å². The van der Waals surface area contributed by atoms with Crippen LogP contribution in [0.25, 0.3) is 0 Å². The standard InChI is InChI=1S/C7H5N.2C2H4O2.C2H4O.Cu/c8-6-7-4-2-1-3-5-7;2*1-2(3)4;1-2-3;/h1-5H;2*1H3,(H,3,4);2H,1H3;/q;;;;+2/p-2. The van der Waals surface area contributed by atoms with Crippen LogP contribution >= 0.6 is 0 Å². The third kappa shape index (κ3) is 56.8. The van der Waals surface area contributed by atoms with Gasteiger partial charge in [0.05, 0.1) is 11.6 Å². The molecular weight excluding hydrogens is 314 g/mol. The van der Waals surface area contributed by atoms with Crippen molar-refractivity contribution in [3.63, 3.8) is 0 Å². The first kappa shape index (κ1) is 26.4. The Morgan fingerprint density at radius 2 is 1.35 bits per heavy atom. The summed E-state index contributed by atoms with van der Waals surface area (Å²) in [5, 5.41) is 26.1. The Hall–Kier alpha value is -2.16. The van der Waals surface area contributed by atoms with E-state index < -0.39 is 11.9 Å². The van der Waals surface area contributed by atoms with Crippen LogP contribution in [-0.4, -0.2) is 18.2 Å². The third-order valence-corrected chi connectivity index (χ3v) is 0.903. The summed E-state index contributed by atoms with van der Waals surface area (Å²) >= 11 is 0. The molecule has 7 heteroatoms. The van der Waals surface area contributed by atoms with Gasteiger partial charge in [-0.25, -0.2) is 0 Å². The summed E-state index contributed by atoms with van der Waals surface area (Å²) in [6.07, 6.45) is 0.750. The van der Waals surface area contributed by atoms with E-state index in [0.29, 0.717) is 5.56 Å². The summed E-state index contributed by atoms with van der Waals surface area (Å²) < 4.78 is 0. The number of carboxylic acid groups (broad SMARTS) is 2. The molecule has 0 aromatic heterocycles. The van der Waals surface area contributed by atoms with E-state index in [-0.39, 0.29) is 17.1 Å². The number of carboxylic acids is 2. The van der Waals surface area contributed by atoms with Crippen molar-refractivity contribution >= 4 is 18.2 Å². The molecule has 0 amide bonds. The van der Waals surface area contributed by atoms with E-state index >= 15 is 0 Å². The normalized spacial score (nSPS) is 6.30. The second-order valence-electron chi connectivity index (χ2n) is 2.70. The maximum absolute atomic E-state index is 8.89. The van der Waals surface area contributed by atoms with Crippen LogP contribution in [0.1, 0.15) is 26.3 Å². The van der Waals surface area contributed by atoms with Gasteiger partial charge in [-0.3, -0.25) is 0 Å². The Labute approximate surface area is 128 Å². The minimum atomic E-state index is -1.08. The Morgan fingerprint density at radius 3 is 1.50 bits per heavy atom. The fourth-order valence-electron chi connectivity index (χ4n) is 0.513. The third-order valence-electron chi connectivity index (χ3n) is 0.903. The van der Waals surface area contributed by atoms with E-state index in [1.165, 1.54) is 6.92 Å². The minimum absolute atomic E-state index is 0. The number of carbonyl (C=O) groups excluding carboxylic acids is 3. The monoisotopic (exact) mass is 328 g/mol. The molecule has 113 valence electrons. The largest absolute Gasteiger partial charge is 2.00 e. The van der Waals surface area contributed by atoms with Crippen molar-refractivity contribution in [1.82, 2.24) is 0 Å². The molecule has 0 bridgehead atoms. The number of hydrogen-bond donors (Lipinski definition) is 0. The van der Waals surface area contributed by atoms with Gasteiger partial charge in [0, 0.05) is 11.9 Å². The van der Waals surface area contributed by atoms with Crippen LogP contribution < -0.4 is 10.2 Å². The quantitative estimate of drug-likeness (QED) is 0.457. The smallest absolute Gasteiger partial charge is 0.550 e. The van der Waals surface area contributed by atoms with Crippen molar-refractivity contribution in [3.8, 4) is 6.07 Å². The summed E-state index contributed by atoms with van der Waals surface area (Å²) in [5.41, 5.74) is 0.715. The Kier molecular flexibility index (Phi) is 29.1. The SMILES string of the molecule is CC(=O)[O-].CC(=O)[O-].CC=O.N#Cc1ccccc1.[Cu+2]. The van der Waals surface area contributed by atoms with Gasteiger partial charge >= 0.3 is 17.1 Å². The Bertz CT molecular complexity index is 381. The number of nitrogens with zero attached hydrogens (tertiary/aromatic N) is 1. The molecule has 1 aromatic carbocycles. The molecule has 0 N–H and O–H groups in total. The molecule has 20 heavy (non-hydrogen) atoms. The zero-order valence-corrected chi connectivity index (χ0v) is 12.2. The van der Waals surface area contributed by atoms with Crippen molar-refractivity contribution < 1.29 is 41.7 Å². The minimum Gasteiger partial charge on any atom is -0.550 e. The molecule has 0 heterocycles. The predicted molar refractivity (Wildman–Crippen MR) is 64.3 cm³/mol. The van der Waals surface area contributed by atoms with E-state index in [1.54, 1.807) is 12.1 Å². The number of benzene rings is 1. The number of nitriles is 1. The fourth-order valence-corrected chi connectivity index (χ4v) is 0.513. The Balaban J connectivity index is -0.0000000927. The zero-order valence-electron chi connectivity index (χ0n) is 11.3. The molecule has 0 saturated heterocycles. The molecule has 0 aliphatic heterocycles. The Morgan fingerprint density at radius 1 is 1.10 bits per heavy atom. The number of rotatable bonds is 0. The number of carbonyl (C=O) groups is 3. The van der Waals surface area contributed by atoms with Crippen molar-refractivity contribution in [2.45, 2.75) is 20.8 Å². The van der Waals surface area contributed by atoms with Crippen LogP contribution in [-0.2, 0) is 31.5 Å². The number of aldehydes is 1. The second kappa shape index (κ2) is 22.1. The molecule has 0 fully saturated rings. The van der Waals surface area contributed by atoms with Gasteiger partial charge in [-0.15, -0.1) is 0 Å². The number of hydrogen-bond acceptors (Lipinski definition) is 6. The van der Waals surface area contributed by atoms with E-state index in [9.17, 15) is 0 Å². The molecule has 0 unspecified atom stereocenters. The summed E-state index contributed by atoms with van der Waals surface area (Å²) in [7, 11) is 0. The van der Waals surface area contributed by atoms with E-state index in [2.05, 4.69) is 0 Å². The molecule has 1 rings (SSSR count). The first-order chi connectivity index (χ1) is 8.81. The van der Waals surface area contributed by atoms with Gasteiger partial charge in [-0.2, -0.15) is 5.26 Å². The average molecular weight is 329 g/mol. The molecular formula is C13H15CuNO5. The van der Waals surface area contributed by atoms with Crippen LogP contribution in [0.15, 0.2) is 30.3 Å². The predicted octanol–water partition coefficient (Wildman–Crippen LogP) is -0.727. The van der Waals surface area contributed by atoms with Crippen molar-refractivity contribution in [1.29, 1.82) is 5.26 Å². The second-order valence-corrected chi connectivity index (χ2v) is 2.70. The van der Waals surface area contributed by atoms with Gasteiger partial charge in [0.1, 0.15) is 6.29 Å². The topological polar surface area (TPSA) is 121 Å². The molecule has 0 aliphatic carbocycles. The summed E-state index contributed by atoms with van der Waals surface area (Å²) in [5.74, 6) is -2.17. The van der Waals surface area contributed by atoms with E-state index in [1.807, 2.05) is 24.3 Å². The summed E-state index contributed by atoms with van der Waals surface area (Å²) in [6, 6.07) is 11.2. The van der Waals surface area contributed by atoms with Gasteiger partial charge in [0.15, 0.2) is 0 Å². The fraction of sp³-hybridized carbons (Fsp3) is 0.231. The van der Waals surface area contributed by atoms with Crippen molar-refractivity contribution in [3.05, 3.63) is 35.9 Å². The molecule has 0 spiro atoms. The van der Waals surface area contributed by atoms with Gasteiger partial charge in [0.2, 0.25) is 0 Å². The van der Waals surface area contributed by atoms with Gasteiger partial charge < -0.3 is 24.6 Å². The van der Waals surface area contributed by atoms with Gasteiger partial charge in [-0.05, 0) is 32.9 Å². The first-order valence-corrected chi connectivity index (χ1v) is 5.01. The zero-order chi connectivity index (χ0) is 15.7. The van der Waals surface area contributed by atoms with Crippen LogP contribution in [0.5, 0.6) is 0 Å². The van der Waals surface area contributed by atoms with Crippen LogP contribution in [0.3, 0.4) is 0 Å². The molecule has 1 aromatic rings. The molecule has 0 atom stereocenters. The van der Waals surface area contributed by atoms with Crippen LogP contribution in [0.4, 0.5) is 0 Å². The summed E-state index contributed by atoms with van der Waals surface area (Å²) in [6.45, 7) is 3.39. The van der Waals surface area contributed by atoms with E-state index in [0.717, 1.165) is 20.1 Å². The molecule has 6 nitrogen and oxygen atoms in total. The van der Waals surface area contributed by atoms with Crippen molar-refractivity contribution in [2.75, 3.05) is 0 Å². The van der Waals surface area contributed by atoms with Crippen molar-refractivity contribution in [2.24, 2.45) is 0 Å². The first-order valence-electron chi connectivity index (χ1n) is 5.01. The number of aliphatic carboxylic acids is 2.